The molecule has 1 N–H and O–H groups in total. The summed E-state index contributed by atoms with van der Waals surface area (Å²) in [6, 6.07) is 14.3. The van der Waals surface area contributed by atoms with Crippen molar-refractivity contribution < 1.29 is 4.74 Å². The highest BCUT2D eigenvalue weighted by Crippen LogP contribution is 2.31. The molecule has 0 amide bonds. The molecule has 5 rings (SSSR count). The minimum absolute atomic E-state index is 0.187. The van der Waals surface area contributed by atoms with E-state index in [1.54, 1.807) is 6.20 Å². The average Bonchev–Trinajstić information content (AvgIpc) is 3.37. The second-order valence-corrected chi connectivity index (χ2v) is 8.80. The zero-order valence-corrected chi connectivity index (χ0v) is 20.3. The van der Waals surface area contributed by atoms with Gasteiger partial charge in [-0.3, -0.25) is 14.6 Å². The fourth-order valence-corrected chi connectivity index (χ4v) is 4.45. The topological polar surface area (TPSA) is 85.4 Å². The highest BCUT2D eigenvalue weighted by molar-refractivity contribution is 5.59. The van der Waals surface area contributed by atoms with E-state index in [1.165, 1.54) is 0 Å². The Hall–Kier alpha value is -3.98. The zero-order chi connectivity index (χ0) is 24.4. The molecule has 180 valence electrons. The van der Waals surface area contributed by atoms with Gasteiger partial charge in [-0.15, -0.1) is 0 Å². The molecular weight excluding hydrogens is 440 g/mol. The summed E-state index contributed by atoms with van der Waals surface area (Å²) in [5.74, 6) is 2.32. The van der Waals surface area contributed by atoms with Gasteiger partial charge in [0.2, 0.25) is 5.88 Å². The Labute approximate surface area is 205 Å². The number of fused-ring (bicyclic) bond motifs is 1. The van der Waals surface area contributed by atoms with E-state index in [0.717, 1.165) is 59.6 Å². The first kappa shape index (κ1) is 22.8. The van der Waals surface area contributed by atoms with Crippen molar-refractivity contribution in [2.45, 2.75) is 26.5 Å². The van der Waals surface area contributed by atoms with Gasteiger partial charge in [-0.2, -0.15) is 10.1 Å². The fourth-order valence-electron chi connectivity index (χ4n) is 4.45. The standard InChI is InChI=1S/C26H30N8O/c1-18-15-23(32(4)31-18)24-17-33(13-11-27-3)16-20-5-10-25(30-26(20)35-24)29-21-6-8-22(9-7-21)34-14-12-28-19(34)2/h5-10,12,14-15,24H,3,11,13,16-17H2,1-2,4H3,(H,29,30). The summed E-state index contributed by atoms with van der Waals surface area (Å²) < 4.78 is 10.4. The van der Waals surface area contributed by atoms with Gasteiger partial charge in [-0.05, 0) is 63.0 Å². The van der Waals surface area contributed by atoms with Gasteiger partial charge >= 0.3 is 0 Å². The molecule has 9 nitrogen and oxygen atoms in total. The molecule has 1 unspecified atom stereocenters. The second kappa shape index (κ2) is 9.71. The number of anilines is 2. The maximum Gasteiger partial charge on any atom is 0.220 e. The minimum Gasteiger partial charge on any atom is -0.466 e. The largest absolute Gasteiger partial charge is 0.466 e. The van der Waals surface area contributed by atoms with Crippen LogP contribution in [0.4, 0.5) is 11.5 Å². The summed E-state index contributed by atoms with van der Waals surface area (Å²) in [6.45, 7) is 10.6. The van der Waals surface area contributed by atoms with Crippen LogP contribution < -0.4 is 10.1 Å². The van der Waals surface area contributed by atoms with Gasteiger partial charge in [0.15, 0.2) is 6.10 Å². The van der Waals surface area contributed by atoms with Gasteiger partial charge in [0.25, 0.3) is 0 Å². The molecule has 3 aromatic heterocycles. The Balaban J connectivity index is 1.39. The Kier molecular flexibility index (Phi) is 6.33. The summed E-state index contributed by atoms with van der Waals surface area (Å²) in [6.07, 6.45) is 3.57. The number of hydrogen-bond donors (Lipinski definition) is 1. The number of benzene rings is 1. The molecule has 1 aromatic carbocycles. The van der Waals surface area contributed by atoms with Gasteiger partial charge < -0.3 is 14.6 Å². The normalized spacial score (nSPS) is 15.8. The van der Waals surface area contributed by atoms with Gasteiger partial charge in [-0.1, -0.05) is 0 Å². The van der Waals surface area contributed by atoms with Crippen LogP contribution >= 0.6 is 0 Å². The molecule has 0 bridgehead atoms. The first-order valence-corrected chi connectivity index (χ1v) is 11.7. The Bertz CT molecular complexity index is 1320. The van der Waals surface area contributed by atoms with Crippen LogP contribution in [0.2, 0.25) is 0 Å². The van der Waals surface area contributed by atoms with Gasteiger partial charge in [0, 0.05) is 56.0 Å². The third-order valence-corrected chi connectivity index (χ3v) is 6.20. The van der Waals surface area contributed by atoms with E-state index in [2.05, 4.69) is 56.3 Å². The van der Waals surface area contributed by atoms with Crippen LogP contribution in [0.1, 0.15) is 28.9 Å². The molecule has 0 aliphatic carbocycles. The third-order valence-electron chi connectivity index (χ3n) is 6.20. The monoisotopic (exact) mass is 470 g/mol. The van der Waals surface area contributed by atoms with Crippen molar-refractivity contribution in [3.05, 3.63) is 77.6 Å². The molecule has 1 aliphatic heterocycles. The average molecular weight is 471 g/mol. The molecular formula is C26H30N8O. The highest BCUT2D eigenvalue weighted by Gasteiger charge is 2.27. The molecule has 1 atom stereocenters. The number of nitrogens with one attached hydrogen (secondary N) is 1. The zero-order valence-electron chi connectivity index (χ0n) is 20.3. The smallest absolute Gasteiger partial charge is 0.220 e. The predicted molar refractivity (Wildman–Crippen MR) is 137 cm³/mol. The van der Waals surface area contributed by atoms with Crippen molar-refractivity contribution in [2.75, 3.05) is 25.0 Å². The van der Waals surface area contributed by atoms with Crippen molar-refractivity contribution in [2.24, 2.45) is 12.0 Å². The lowest BCUT2D eigenvalue weighted by Crippen LogP contribution is -2.31. The lowest BCUT2D eigenvalue weighted by molar-refractivity contribution is 0.139. The summed E-state index contributed by atoms with van der Waals surface area (Å²) in [5.41, 5.74) is 5.05. The van der Waals surface area contributed by atoms with Gasteiger partial charge in [0.05, 0.1) is 17.9 Å². The van der Waals surface area contributed by atoms with Crippen molar-refractivity contribution in [3.63, 3.8) is 0 Å². The Morgan fingerprint density at radius 3 is 2.69 bits per heavy atom. The van der Waals surface area contributed by atoms with E-state index in [4.69, 9.17) is 9.72 Å². The number of aromatic nitrogens is 5. The van der Waals surface area contributed by atoms with E-state index in [-0.39, 0.29) is 6.10 Å². The number of nitrogens with zero attached hydrogens (tertiary/aromatic N) is 7. The number of imidazole rings is 1. The summed E-state index contributed by atoms with van der Waals surface area (Å²) in [4.78, 5) is 15.5. The van der Waals surface area contributed by atoms with Crippen molar-refractivity contribution in [1.82, 2.24) is 29.2 Å². The summed E-state index contributed by atoms with van der Waals surface area (Å²) in [7, 11) is 1.95. The fraction of sp³-hybridized carbons (Fsp3) is 0.308. The summed E-state index contributed by atoms with van der Waals surface area (Å²) in [5, 5.41) is 7.92. The number of aryl methyl sites for hydroxylation is 3. The molecule has 4 heterocycles. The van der Waals surface area contributed by atoms with Gasteiger partial charge in [0.1, 0.15) is 11.6 Å². The number of aliphatic imine (C=N–C) groups is 1. The first-order chi connectivity index (χ1) is 17.0. The SMILES string of the molecule is C=NCCN1Cc2ccc(Nc3ccc(-n4ccnc4C)cc3)nc2OC(c2cc(C)nn2C)C1. The maximum absolute atomic E-state index is 6.50. The van der Waals surface area contributed by atoms with Crippen LogP contribution in [-0.2, 0) is 13.6 Å². The predicted octanol–water partition coefficient (Wildman–Crippen LogP) is 4.00. The van der Waals surface area contributed by atoms with Crippen LogP contribution in [0.25, 0.3) is 5.69 Å². The molecule has 0 spiro atoms. The van der Waals surface area contributed by atoms with Crippen molar-refractivity contribution in [3.8, 4) is 11.6 Å². The molecule has 0 saturated heterocycles. The van der Waals surface area contributed by atoms with E-state index in [9.17, 15) is 0 Å². The third kappa shape index (κ3) is 4.95. The lowest BCUT2D eigenvalue weighted by atomic mass is 10.2. The summed E-state index contributed by atoms with van der Waals surface area (Å²) >= 11 is 0. The molecule has 0 saturated carbocycles. The van der Waals surface area contributed by atoms with Crippen LogP contribution in [0, 0.1) is 13.8 Å². The van der Waals surface area contributed by atoms with Crippen LogP contribution in [0.15, 0.2) is 59.9 Å². The van der Waals surface area contributed by atoms with Gasteiger partial charge in [-0.25, -0.2) is 4.98 Å². The Morgan fingerprint density at radius 1 is 1.17 bits per heavy atom. The minimum atomic E-state index is -0.187. The van der Waals surface area contributed by atoms with E-state index < -0.39 is 0 Å². The molecule has 0 fully saturated rings. The molecule has 0 radical (unpaired) electrons. The van der Waals surface area contributed by atoms with Crippen LogP contribution in [0.5, 0.6) is 5.88 Å². The van der Waals surface area contributed by atoms with Crippen molar-refractivity contribution >= 4 is 18.2 Å². The van der Waals surface area contributed by atoms with Crippen LogP contribution in [-0.4, -0.2) is 55.6 Å². The quantitative estimate of drug-likeness (QED) is 0.411. The Morgan fingerprint density at radius 2 is 2.00 bits per heavy atom. The highest BCUT2D eigenvalue weighted by atomic mass is 16.5. The number of pyridine rings is 1. The lowest BCUT2D eigenvalue weighted by Gasteiger charge is -2.23. The molecule has 4 aromatic rings. The molecule has 1 aliphatic rings. The molecule has 9 heteroatoms. The van der Waals surface area contributed by atoms with E-state index in [0.29, 0.717) is 12.4 Å². The number of ether oxygens (including phenoxy) is 1. The number of rotatable bonds is 7. The van der Waals surface area contributed by atoms with E-state index in [1.807, 2.05) is 54.5 Å². The molecule has 35 heavy (non-hydrogen) atoms. The maximum atomic E-state index is 6.50. The second-order valence-electron chi connectivity index (χ2n) is 8.80. The first-order valence-electron chi connectivity index (χ1n) is 11.7. The van der Waals surface area contributed by atoms with Crippen LogP contribution in [0.3, 0.4) is 0 Å². The van der Waals surface area contributed by atoms with E-state index >= 15 is 0 Å². The number of hydrogen-bond acceptors (Lipinski definition) is 7. The van der Waals surface area contributed by atoms with Crippen molar-refractivity contribution in [1.29, 1.82) is 0 Å².